The van der Waals surface area contributed by atoms with Gasteiger partial charge < -0.3 is 14.2 Å². The normalized spacial score (nSPS) is 10.1. The van der Waals surface area contributed by atoms with Gasteiger partial charge in [-0.1, -0.05) is 24.8 Å². The summed E-state index contributed by atoms with van der Waals surface area (Å²) >= 11 is 0. The standard InChI is InChI=1S/C16H22O4/c1-14(2)16(17)20-13-7-11-18-10-6-12-19-15-8-4-3-5-9-15/h3-5,8-9H,1,6-7,10-13H2,2H3. The molecule has 0 heterocycles. The lowest BCUT2D eigenvalue weighted by Crippen LogP contribution is -2.09. The number of hydrogen-bond donors (Lipinski definition) is 0. The van der Waals surface area contributed by atoms with Crippen molar-refractivity contribution in [2.75, 3.05) is 26.4 Å². The number of carbonyl (C=O) groups is 1. The van der Waals surface area contributed by atoms with Crippen LogP contribution in [0.4, 0.5) is 0 Å². The van der Waals surface area contributed by atoms with Gasteiger partial charge in [0.15, 0.2) is 0 Å². The highest BCUT2D eigenvalue weighted by atomic mass is 16.5. The van der Waals surface area contributed by atoms with Gasteiger partial charge in [0.2, 0.25) is 0 Å². The van der Waals surface area contributed by atoms with Gasteiger partial charge in [0.05, 0.1) is 13.2 Å². The number of carbonyl (C=O) groups excluding carboxylic acids is 1. The molecule has 0 aromatic heterocycles. The Kier molecular flexibility index (Phi) is 8.15. The van der Waals surface area contributed by atoms with E-state index in [4.69, 9.17) is 14.2 Å². The highest BCUT2D eigenvalue weighted by Gasteiger charge is 2.01. The van der Waals surface area contributed by atoms with Crippen LogP contribution in [-0.2, 0) is 14.3 Å². The van der Waals surface area contributed by atoms with Crippen LogP contribution in [0.15, 0.2) is 42.5 Å². The molecule has 0 N–H and O–H groups in total. The summed E-state index contributed by atoms with van der Waals surface area (Å²) in [5.41, 5.74) is 0.420. The van der Waals surface area contributed by atoms with Gasteiger partial charge in [0.25, 0.3) is 0 Å². The molecule has 1 aromatic carbocycles. The summed E-state index contributed by atoms with van der Waals surface area (Å²) in [7, 11) is 0. The molecule has 0 aliphatic heterocycles. The number of benzene rings is 1. The summed E-state index contributed by atoms with van der Waals surface area (Å²) in [4.78, 5) is 11.1. The first kappa shape index (κ1) is 16.2. The summed E-state index contributed by atoms with van der Waals surface area (Å²) in [5, 5.41) is 0. The number of rotatable bonds is 10. The molecule has 0 fully saturated rings. The monoisotopic (exact) mass is 278 g/mol. The molecule has 0 radical (unpaired) electrons. The topological polar surface area (TPSA) is 44.8 Å². The van der Waals surface area contributed by atoms with Gasteiger partial charge in [-0.15, -0.1) is 0 Å². The third-order valence-electron chi connectivity index (χ3n) is 2.46. The second-order valence-corrected chi connectivity index (χ2v) is 4.40. The third kappa shape index (κ3) is 7.59. The molecule has 4 heteroatoms. The van der Waals surface area contributed by atoms with Gasteiger partial charge in [-0.2, -0.15) is 0 Å². The molecule has 0 saturated heterocycles. The van der Waals surface area contributed by atoms with Crippen molar-refractivity contribution in [2.45, 2.75) is 19.8 Å². The molecular formula is C16H22O4. The molecule has 0 atom stereocenters. The smallest absolute Gasteiger partial charge is 0.333 e. The van der Waals surface area contributed by atoms with Crippen molar-refractivity contribution in [3.63, 3.8) is 0 Å². The minimum Gasteiger partial charge on any atom is -0.494 e. The van der Waals surface area contributed by atoms with Crippen molar-refractivity contribution in [1.82, 2.24) is 0 Å². The van der Waals surface area contributed by atoms with Crippen molar-refractivity contribution in [3.05, 3.63) is 42.5 Å². The maximum absolute atomic E-state index is 11.1. The van der Waals surface area contributed by atoms with Gasteiger partial charge >= 0.3 is 5.97 Å². The molecule has 0 amide bonds. The fourth-order valence-corrected chi connectivity index (χ4v) is 1.42. The predicted molar refractivity (Wildman–Crippen MR) is 77.8 cm³/mol. The molecule has 0 aliphatic carbocycles. The summed E-state index contributed by atoms with van der Waals surface area (Å²) < 4.78 is 15.9. The number of esters is 1. The van der Waals surface area contributed by atoms with Crippen LogP contribution in [0.1, 0.15) is 19.8 Å². The molecule has 4 nitrogen and oxygen atoms in total. The summed E-state index contributed by atoms with van der Waals surface area (Å²) in [6.07, 6.45) is 1.53. The number of hydrogen-bond acceptors (Lipinski definition) is 4. The Morgan fingerprint density at radius 3 is 2.35 bits per heavy atom. The molecule has 0 unspecified atom stereocenters. The molecule has 0 saturated carbocycles. The summed E-state index contributed by atoms with van der Waals surface area (Å²) in [6.45, 7) is 7.36. The van der Waals surface area contributed by atoms with Crippen LogP contribution in [0.5, 0.6) is 5.75 Å². The van der Waals surface area contributed by atoms with E-state index in [1.54, 1.807) is 6.92 Å². The van der Waals surface area contributed by atoms with Gasteiger partial charge in [-0.05, 0) is 19.1 Å². The van der Waals surface area contributed by atoms with Gasteiger partial charge in [-0.25, -0.2) is 4.79 Å². The zero-order valence-electron chi connectivity index (χ0n) is 12.0. The lowest BCUT2D eigenvalue weighted by molar-refractivity contribution is -0.139. The lowest BCUT2D eigenvalue weighted by Gasteiger charge is -2.07. The fraction of sp³-hybridized carbons (Fsp3) is 0.438. The minimum atomic E-state index is -0.346. The maximum atomic E-state index is 11.1. The van der Waals surface area contributed by atoms with E-state index in [-0.39, 0.29) is 5.97 Å². The lowest BCUT2D eigenvalue weighted by atomic mass is 10.3. The van der Waals surface area contributed by atoms with Crippen molar-refractivity contribution < 1.29 is 19.0 Å². The van der Waals surface area contributed by atoms with Crippen LogP contribution in [0.2, 0.25) is 0 Å². The second kappa shape index (κ2) is 10.0. The minimum absolute atomic E-state index is 0.346. The first-order valence-corrected chi connectivity index (χ1v) is 6.78. The van der Waals surface area contributed by atoms with Crippen molar-refractivity contribution in [1.29, 1.82) is 0 Å². The van der Waals surface area contributed by atoms with E-state index < -0.39 is 0 Å². The Hall–Kier alpha value is -1.81. The Morgan fingerprint density at radius 1 is 1.05 bits per heavy atom. The Balaban J connectivity index is 1.88. The molecule has 0 aliphatic rings. The SMILES string of the molecule is C=C(C)C(=O)OCCCOCCCOc1ccccc1. The highest BCUT2D eigenvalue weighted by molar-refractivity contribution is 5.86. The fourth-order valence-electron chi connectivity index (χ4n) is 1.42. The largest absolute Gasteiger partial charge is 0.494 e. The molecule has 20 heavy (non-hydrogen) atoms. The third-order valence-corrected chi connectivity index (χ3v) is 2.46. The molecule has 0 spiro atoms. The van der Waals surface area contributed by atoms with Crippen molar-refractivity contribution in [3.8, 4) is 5.75 Å². The summed E-state index contributed by atoms with van der Waals surface area (Å²) in [5.74, 6) is 0.528. The molecule has 0 bridgehead atoms. The van der Waals surface area contributed by atoms with Crippen LogP contribution >= 0.6 is 0 Å². The zero-order valence-corrected chi connectivity index (χ0v) is 12.0. The summed E-state index contributed by atoms with van der Waals surface area (Å²) in [6, 6.07) is 9.69. The van der Waals surface area contributed by atoms with E-state index in [0.29, 0.717) is 38.4 Å². The Morgan fingerprint density at radius 2 is 1.70 bits per heavy atom. The van der Waals surface area contributed by atoms with Gasteiger partial charge in [0.1, 0.15) is 5.75 Å². The van der Waals surface area contributed by atoms with Crippen LogP contribution < -0.4 is 4.74 Å². The van der Waals surface area contributed by atoms with Crippen molar-refractivity contribution >= 4 is 5.97 Å². The quantitative estimate of drug-likeness (QED) is 0.375. The van der Waals surface area contributed by atoms with E-state index in [2.05, 4.69) is 6.58 Å². The van der Waals surface area contributed by atoms with E-state index in [0.717, 1.165) is 12.2 Å². The van der Waals surface area contributed by atoms with E-state index in [9.17, 15) is 4.79 Å². The zero-order chi connectivity index (χ0) is 14.6. The van der Waals surface area contributed by atoms with Gasteiger partial charge in [-0.3, -0.25) is 0 Å². The van der Waals surface area contributed by atoms with E-state index >= 15 is 0 Å². The number of para-hydroxylation sites is 1. The predicted octanol–water partition coefficient (Wildman–Crippen LogP) is 2.98. The number of ether oxygens (including phenoxy) is 3. The van der Waals surface area contributed by atoms with Crippen LogP contribution in [0.25, 0.3) is 0 Å². The highest BCUT2D eigenvalue weighted by Crippen LogP contribution is 2.08. The molecule has 110 valence electrons. The molecule has 1 aromatic rings. The first-order chi connectivity index (χ1) is 9.70. The van der Waals surface area contributed by atoms with Gasteiger partial charge in [0, 0.05) is 31.6 Å². The van der Waals surface area contributed by atoms with E-state index in [1.807, 2.05) is 30.3 Å². The van der Waals surface area contributed by atoms with Crippen LogP contribution in [0.3, 0.4) is 0 Å². The van der Waals surface area contributed by atoms with Crippen molar-refractivity contribution in [2.24, 2.45) is 0 Å². The molecule has 1 rings (SSSR count). The average Bonchev–Trinajstić information content (AvgIpc) is 2.46. The first-order valence-electron chi connectivity index (χ1n) is 6.78. The Bertz CT molecular complexity index is 400. The maximum Gasteiger partial charge on any atom is 0.333 e. The Labute approximate surface area is 120 Å². The molecular weight excluding hydrogens is 256 g/mol. The average molecular weight is 278 g/mol. The second-order valence-electron chi connectivity index (χ2n) is 4.40. The van der Waals surface area contributed by atoms with E-state index in [1.165, 1.54) is 0 Å². The van der Waals surface area contributed by atoms with Crippen LogP contribution in [0, 0.1) is 0 Å². The van der Waals surface area contributed by atoms with Crippen LogP contribution in [-0.4, -0.2) is 32.4 Å².